The third kappa shape index (κ3) is 11.2. The number of carbonyl (C=O) groups excluding carboxylic acids is 4. The van der Waals surface area contributed by atoms with Gasteiger partial charge < -0.3 is 46.1 Å². The number of fused-ring (bicyclic) bond motifs is 7. The first-order chi connectivity index (χ1) is 31.6. The summed E-state index contributed by atoms with van der Waals surface area (Å²) in [6.07, 6.45) is 11.7. The molecule has 0 radical (unpaired) electrons. The average molecular weight is 893 g/mol. The zero-order valence-electron chi connectivity index (χ0n) is 39.1. The van der Waals surface area contributed by atoms with E-state index in [0.29, 0.717) is 85.1 Å². The number of unbranched alkanes of at least 4 members (excludes halogenated alkanes) is 8. The maximum atomic E-state index is 14.0. The van der Waals surface area contributed by atoms with E-state index in [-0.39, 0.29) is 36.0 Å². The molecule has 3 aromatic rings. The lowest BCUT2D eigenvalue weighted by Gasteiger charge is -2.64. The van der Waals surface area contributed by atoms with E-state index in [1.807, 2.05) is 25.2 Å². The molecule has 6 N–H and O–H groups in total. The normalized spacial score (nSPS) is 18.1. The van der Waals surface area contributed by atoms with Crippen LogP contribution < -0.4 is 22.1 Å². The van der Waals surface area contributed by atoms with Crippen LogP contribution in [-0.4, -0.2) is 113 Å². The highest BCUT2D eigenvalue weighted by Gasteiger charge is 2.77. The van der Waals surface area contributed by atoms with Gasteiger partial charge in [0.2, 0.25) is 23.6 Å². The molecule has 0 heterocycles. The summed E-state index contributed by atoms with van der Waals surface area (Å²) in [7, 11) is 3.56. The number of anilines is 2. The predicted molar refractivity (Wildman–Crippen MR) is 254 cm³/mol. The summed E-state index contributed by atoms with van der Waals surface area (Å²) in [5.74, 6) is 0.0545. The van der Waals surface area contributed by atoms with Gasteiger partial charge in [0.1, 0.15) is 0 Å². The predicted octanol–water partition coefficient (Wildman–Crippen LogP) is 6.57. The molecule has 13 nitrogen and oxygen atoms in total. The molecule has 0 saturated carbocycles. The van der Waals surface area contributed by atoms with Gasteiger partial charge in [0.25, 0.3) is 0 Å². The molecule has 6 rings (SSSR count). The minimum Gasteiger partial charge on any atom is -0.377 e. The first-order valence-electron chi connectivity index (χ1n) is 24.0. The van der Waals surface area contributed by atoms with Gasteiger partial charge in [-0.1, -0.05) is 62.8 Å². The molecule has 3 atom stereocenters. The van der Waals surface area contributed by atoms with Crippen molar-refractivity contribution in [3.8, 4) is 0 Å². The molecule has 3 aromatic carbocycles. The zero-order chi connectivity index (χ0) is 46.2. The van der Waals surface area contributed by atoms with Gasteiger partial charge in [-0.2, -0.15) is 0 Å². The molecule has 0 aromatic heterocycles. The SMILES string of the molecule is CC(=O)N(C)CCOCCOCCOCCN(C)C(=O)CCC12c3c#cccc3C13c1cc(NC(=O)CCCCCCCN)ccc1C3c1ccc(NC(=O)CCCCCCCN)cc12. The number of benzene rings is 2. The molecule has 1 spiro atoms. The largest absolute Gasteiger partial charge is 0.377 e. The molecule has 3 aliphatic carbocycles. The monoisotopic (exact) mass is 893 g/mol. The Labute approximate surface area is 386 Å². The van der Waals surface area contributed by atoms with E-state index >= 15 is 0 Å². The zero-order valence-corrected chi connectivity index (χ0v) is 39.1. The average Bonchev–Trinajstić information content (AvgIpc) is 3.47. The first-order valence-corrected chi connectivity index (χ1v) is 24.0. The van der Waals surface area contributed by atoms with Crippen LogP contribution in [0.3, 0.4) is 0 Å². The third-order valence-corrected chi connectivity index (χ3v) is 13.7. The van der Waals surface area contributed by atoms with Gasteiger partial charge in [0, 0.05) is 87.1 Å². The smallest absolute Gasteiger partial charge is 0.224 e. The van der Waals surface area contributed by atoms with E-state index in [2.05, 4.69) is 53.1 Å². The Morgan fingerprint density at radius 2 is 1.14 bits per heavy atom. The van der Waals surface area contributed by atoms with Gasteiger partial charge in [-0.05, 0) is 109 Å². The number of nitrogens with two attached hydrogens (primary N) is 2. The van der Waals surface area contributed by atoms with Gasteiger partial charge in [-0.15, -0.1) is 0 Å². The maximum Gasteiger partial charge on any atom is 0.224 e. The van der Waals surface area contributed by atoms with E-state index in [9.17, 15) is 19.2 Å². The van der Waals surface area contributed by atoms with Crippen LogP contribution in [0.5, 0.6) is 0 Å². The van der Waals surface area contributed by atoms with Crippen molar-refractivity contribution in [1.29, 1.82) is 0 Å². The fourth-order valence-electron chi connectivity index (χ4n) is 10.3. The lowest BCUT2D eigenvalue weighted by atomic mass is 9.36. The highest BCUT2D eigenvalue weighted by Crippen LogP contribution is 2.80. The lowest BCUT2D eigenvalue weighted by Crippen LogP contribution is -2.63. The van der Waals surface area contributed by atoms with Crippen LogP contribution in [0.15, 0.2) is 48.5 Å². The maximum absolute atomic E-state index is 14.0. The van der Waals surface area contributed by atoms with Crippen molar-refractivity contribution >= 4 is 35.0 Å². The Balaban J connectivity index is 1.14. The number of likely N-dealkylation sites (N-methyl/N-ethyl adjacent to an activating group) is 2. The molecular weight excluding hydrogens is 821 g/mol. The van der Waals surface area contributed by atoms with Crippen LogP contribution in [0.1, 0.15) is 136 Å². The van der Waals surface area contributed by atoms with E-state index < -0.39 is 10.8 Å². The Morgan fingerprint density at radius 3 is 1.71 bits per heavy atom. The molecule has 0 fully saturated rings. The topological polar surface area (TPSA) is 179 Å². The summed E-state index contributed by atoms with van der Waals surface area (Å²) >= 11 is 0. The number of rotatable bonds is 31. The summed E-state index contributed by atoms with van der Waals surface area (Å²) in [6.45, 7) is 6.39. The summed E-state index contributed by atoms with van der Waals surface area (Å²) in [5, 5.41) is 6.40. The quantitative estimate of drug-likeness (QED) is 0.0520. The van der Waals surface area contributed by atoms with Crippen LogP contribution in [-0.2, 0) is 44.2 Å². The van der Waals surface area contributed by atoms with E-state index in [1.54, 1.807) is 16.8 Å². The van der Waals surface area contributed by atoms with Crippen molar-refractivity contribution in [3.05, 3.63) is 94.0 Å². The summed E-state index contributed by atoms with van der Waals surface area (Å²) < 4.78 is 17.0. The Bertz CT molecular complexity index is 2080. The van der Waals surface area contributed by atoms with Crippen molar-refractivity contribution in [2.24, 2.45) is 11.5 Å². The van der Waals surface area contributed by atoms with E-state index in [0.717, 1.165) is 92.3 Å². The Kier molecular flexibility index (Phi) is 18.4. The second kappa shape index (κ2) is 24.1. The minimum absolute atomic E-state index is 0.00339. The molecule has 0 aliphatic heterocycles. The summed E-state index contributed by atoms with van der Waals surface area (Å²) in [6, 6.07) is 23.5. The van der Waals surface area contributed by atoms with Crippen LogP contribution in [0.4, 0.5) is 11.4 Å². The van der Waals surface area contributed by atoms with E-state index in [4.69, 9.17) is 25.7 Å². The molecule has 0 bridgehead atoms. The second-order valence-electron chi connectivity index (χ2n) is 17.9. The standard InChI is InChI=1S/C52H72N6O7/c1-38(59)57(2)28-30-63-32-34-65-35-33-64-31-29-58(3)49(62)24-25-51-43-16-12-13-17-44(43)52(51)46-37-40(56-48(61)19-11-7-5-9-15-27-54)21-23-42(46)50(52)41-22-20-39(36-45(41)51)55-47(60)18-10-6-4-8-14-26-53/h13,17,20-23,36-37,50H,4-11,14-15,18-19,24-35,53-54H2,1-3H3,(H,55,60)(H,56,61). The minimum atomic E-state index is -0.611. The first kappa shape index (κ1) is 49.6. The van der Waals surface area contributed by atoms with Crippen molar-refractivity contribution < 1.29 is 33.4 Å². The van der Waals surface area contributed by atoms with Gasteiger partial charge in [0.05, 0.1) is 39.6 Å². The Hall–Kier alpha value is -4.84. The molecule has 65 heavy (non-hydrogen) atoms. The van der Waals surface area contributed by atoms with Gasteiger partial charge >= 0.3 is 0 Å². The van der Waals surface area contributed by atoms with Crippen LogP contribution >= 0.6 is 0 Å². The summed E-state index contributed by atoms with van der Waals surface area (Å²) in [5.41, 5.74) is 18.6. The fraction of sp³-hybridized carbons (Fsp3) is 0.577. The molecule has 352 valence electrons. The molecule has 3 aliphatic rings. The summed E-state index contributed by atoms with van der Waals surface area (Å²) in [4.78, 5) is 55.2. The van der Waals surface area contributed by atoms with Crippen LogP contribution in [0.2, 0.25) is 0 Å². The fourth-order valence-corrected chi connectivity index (χ4v) is 10.3. The van der Waals surface area contributed by atoms with Crippen molar-refractivity contribution in [1.82, 2.24) is 9.80 Å². The van der Waals surface area contributed by atoms with Crippen LogP contribution in [0.25, 0.3) is 0 Å². The number of nitrogens with one attached hydrogen (secondary N) is 2. The molecule has 4 amide bonds. The van der Waals surface area contributed by atoms with Crippen molar-refractivity contribution in [2.75, 3.05) is 90.5 Å². The highest BCUT2D eigenvalue weighted by molar-refractivity contribution is 5.93. The third-order valence-electron chi connectivity index (χ3n) is 13.7. The number of nitrogens with zero attached hydrogens (tertiary/aromatic N) is 2. The number of carbonyl (C=O) groups is 4. The number of amides is 4. The highest BCUT2D eigenvalue weighted by atomic mass is 16.5. The van der Waals surface area contributed by atoms with Gasteiger partial charge in [-0.25, -0.2) is 0 Å². The molecule has 13 heteroatoms. The molecule has 3 unspecified atom stereocenters. The van der Waals surface area contributed by atoms with Crippen molar-refractivity contribution in [2.45, 2.75) is 114 Å². The van der Waals surface area contributed by atoms with Crippen molar-refractivity contribution in [3.63, 3.8) is 0 Å². The Morgan fingerprint density at radius 1 is 0.631 bits per heavy atom. The lowest BCUT2D eigenvalue weighted by molar-refractivity contribution is -0.131. The number of hydrogen-bond donors (Lipinski definition) is 4. The van der Waals surface area contributed by atoms with Gasteiger partial charge in [0.15, 0.2) is 0 Å². The van der Waals surface area contributed by atoms with E-state index in [1.165, 1.54) is 23.6 Å². The molecule has 0 saturated heterocycles. The van der Waals surface area contributed by atoms with Gasteiger partial charge in [-0.3, -0.25) is 19.2 Å². The molecular formula is C52H72N6O7. The number of ether oxygens (including phenoxy) is 3. The number of hydrogen-bond acceptors (Lipinski definition) is 9. The second-order valence-corrected chi connectivity index (χ2v) is 17.9. The van der Waals surface area contributed by atoms with Crippen LogP contribution in [0, 0.1) is 12.1 Å².